The Labute approximate surface area is 132 Å². The Hall–Kier alpha value is -0.260. The summed E-state index contributed by atoms with van der Waals surface area (Å²) in [7, 11) is 0. The van der Waals surface area contributed by atoms with Gasteiger partial charge in [0, 0.05) is 0 Å². The molecule has 0 nitrogen and oxygen atoms in total. The summed E-state index contributed by atoms with van der Waals surface area (Å²) in [5, 5.41) is 0. The van der Waals surface area contributed by atoms with Gasteiger partial charge in [-0.2, -0.15) is 0 Å². The fourth-order valence-corrected chi connectivity index (χ4v) is 6.85. The molecule has 21 heavy (non-hydrogen) atoms. The van der Waals surface area contributed by atoms with Crippen LogP contribution in [0.2, 0.25) is 0 Å². The highest BCUT2D eigenvalue weighted by atomic mass is 14.6. The van der Waals surface area contributed by atoms with Crippen molar-refractivity contribution in [1.29, 1.82) is 0 Å². The molecule has 0 heterocycles. The maximum absolute atomic E-state index is 2.61. The number of allylic oxidation sites excluding steroid dienone is 2. The van der Waals surface area contributed by atoms with Gasteiger partial charge in [-0.25, -0.2) is 0 Å². The fraction of sp³-hybridized carbons (Fsp3) is 0.905. The molecular formula is C21H36. The van der Waals surface area contributed by atoms with Gasteiger partial charge in [0.15, 0.2) is 0 Å². The third-order valence-corrected chi connectivity index (χ3v) is 7.86. The second kappa shape index (κ2) is 6.09. The molecule has 0 aromatic rings. The van der Waals surface area contributed by atoms with E-state index in [2.05, 4.69) is 33.8 Å². The van der Waals surface area contributed by atoms with Crippen molar-refractivity contribution >= 4 is 0 Å². The molecule has 0 aliphatic heterocycles. The van der Waals surface area contributed by atoms with Gasteiger partial charge in [0.1, 0.15) is 0 Å². The first-order valence-corrected chi connectivity index (χ1v) is 9.81. The molecule has 3 fully saturated rings. The standard InChI is InChI=1S/C21H36/c1-5-8-17-15(6-2)9-11-19-18(17)13-14-21(4)16(7-3)10-12-20(19)21/h7,15,17-20H,5-6,8-14H2,1-4H3/b16-7-. The molecule has 0 saturated heterocycles. The molecule has 3 aliphatic carbocycles. The molecule has 3 rings (SSSR count). The molecular weight excluding hydrogens is 252 g/mol. The van der Waals surface area contributed by atoms with E-state index in [0.29, 0.717) is 5.41 Å². The summed E-state index contributed by atoms with van der Waals surface area (Å²) in [6.07, 6.45) is 15.7. The Balaban J connectivity index is 1.84. The summed E-state index contributed by atoms with van der Waals surface area (Å²) >= 11 is 0. The molecule has 0 N–H and O–H groups in total. The zero-order valence-electron chi connectivity index (χ0n) is 14.8. The van der Waals surface area contributed by atoms with E-state index in [1.54, 1.807) is 12.0 Å². The highest BCUT2D eigenvalue weighted by Gasteiger charge is 2.53. The first-order valence-electron chi connectivity index (χ1n) is 9.81. The monoisotopic (exact) mass is 288 g/mol. The number of hydrogen-bond acceptors (Lipinski definition) is 0. The Bertz CT molecular complexity index is 393. The Morgan fingerprint density at radius 2 is 1.90 bits per heavy atom. The van der Waals surface area contributed by atoms with Gasteiger partial charge < -0.3 is 0 Å². The molecule has 3 aliphatic rings. The molecule has 0 spiro atoms. The lowest BCUT2D eigenvalue weighted by atomic mass is 9.51. The molecule has 6 atom stereocenters. The van der Waals surface area contributed by atoms with Crippen LogP contribution in [0.1, 0.15) is 85.5 Å². The summed E-state index contributed by atoms with van der Waals surface area (Å²) < 4.78 is 0. The summed E-state index contributed by atoms with van der Waals surface area (Å²) in [6, 6.07) is 0. The molecule has 0 bridgehead atoms. The summed E-state index contributed by atoms with van der Waals surface area (Å²) in [6.45, 7) is 9.73. The van der Waals surface area contributed by atoms with E-state index < -0.39 is 0 Å². The van der Waals surface area contributed by atoms with Crippen molar-refractivity contribution in [3.63, 3.8) is 0 Å². The van der Waals surface area contributed by atoms with E-state index in [1.807, 2.05) is 0 Å². The van der Waals surface area contributed by atoms with Crippen LogP contribution in [0.4, 0.5) is 0 Å². The minimum atomic E-state index is 0.575. The third-order valence-electron chi connectivity index (χ3n) is 7.86. The number of fused-ring (bicyclic) bond motifs is 3. The van der Waals surface area contributed by atoms with Crippen molar-refractivity contribution in [3.05, 3.63) is 11.6 Å². The van der Waals surface area contributed by atoms with Gasteiger partial charge in [-0.15, -0.1) is 0 Å². The molecule has 0 aromatic heterocycles. The predicted octanol–water partition coefficient (Wildman–Crippen LogP) is 6.61. The van der Waals surface area contributed by atoms with Crippen LogP contribution in [0.25, 0.3) is 0 Å². The Morgan fingerprint density at radius 1 is 1.10 bits per heavy atom. The third kappa shape index (κ3) is 2.41. The largest absolute Gasteiger partial charge is 0.0879 e. The van der Waals surface area contributed by atoms with Gasteiger partial charge in [0.2, 0.25) is 0 Å². The molecule has 0 aromatic carbocycles. The zero-order valence-corrected chi connectivity index (χ0v) is 14.8. The van der Waals surface area contributed by atoms with Crippen molar-refractivity contribution < 1.29 is 0 Å². The van der Waals surface area contributed by atoms with Crippen LogP contribution in [0.15, 0.2) is 11.6 Å². The van der Waals surface area contributed by atoms with Crippen LogP contribution in [0.3, 0.4) is 0 Å². The normalized spacial score (nSPS) is 48.2. The van der Waals surface area contributed by atoms with E-state index in [0.717, 1.165) is 29.6 Å². The quantitative estimate of drug-likeness (QED) is 0.512. The van der Waals surface area contributed by atoms with Gasteiger partial charge in [-0.1, -0.05) is 51.7 Å². The van der Waals surface area contributed by atoms with E-state index >= 15 is 0 Å². The van der Waals surface area contributed by atoms with Crippen LogP contribution < -0.4 is 0 Å². The number of rotatable bonds is 3. The van der Waals surface area contributed by atoms with Crippen molar-refractivity contribution in [2.24, 2.45) is 35.0 Å². The van der Waals surface area contributed by atoms with Gasteiger partial charge in [0.05, 0.1) is 0 Å². The zero-order chi connectivity index (χ0) is 15.0. The molecule has 0 radical (unpaired) electrons. The first kappa shape index (κ1) is 15.6. The second-order valence-electron chi connectivity index (χ2n) is 8.44. The minimum Gasteiger partial charge on any atom is -0.0879 e. The van der Waals surface area contributed by atoms with Crippen LogP contribution in [-0.4, -0.2) is 0 Å². The second-order valence-corrected chi connectivity index (χ2v) is 8.44. The van der Waals surface area contributed by atoms with Gasteiger partial charge in [0.25, 0.3) is 0 Å². The topological polar surface area (TPSA) is 0 Å². The van der Waals surface area contributed by atoms with E-state index in [1.165, 1.54) is 51.4 Å². The van der Waals surface area contributed by atoms with E-state index in [4.69, 9.17) is 0 Å². The summed E-state index contributed by atoms with van der Waals surface area (Å²) in [4.78, 5) is 0. The van der Waals surface area contributed by atoms with Crippen LogP contribution in [-0.2, 0) is 0 Å². The molecule has 6 unspecified atom stereocenters. The number of hydrogen-bond donors (Lipinski definition) is 0. The maximum Gasteiger partial charge on any atom is -0.00853 e. The maximum atomic E-state index is 2.61. The molecule has 3 saturated carbocycles. The Kier molecular flexibility index (Phi) is 4.53. The minimum absolute atomic E-state index is 0.575. The average molecular weight is 289 g/mol. The first-order chi connectivity index (χ1) is 10.2. The average Bonchev–Trinajstić information content (AvgIpc) is 2.84. The van der Waals surface area contributed by atoms with Gasteiger partial charge in [-0.05, 0) is 80.5 Å². The molecule has 0 amide bonds. The molecule has 120 valence electrons. The smallest absolute Gasteiger partial charge is 0.00853 e. The van der Waals surface area contributed by atoms with Crippen molar-refractivity contribution in [1.82, 2.24) is 0 Å². The lowest BCUT2D eigenvalue weighted by Gasteiger charge is -2.54. The van der Waals surface area contributed by atoms with Gasteiger partial charge >= 0.3 is 0 Å². The summed E-state index contributed by atoms with van der Waals surface area (Å²) in [5.41, 5.74) is 2.38. The fourth-order valence-electron chi connectivity index (χ4n) is 6.85. The van der Waals surface area contributed by atoms with Crippen molar-refractivity contribution in [2.45, 2.75) is 85.5 Å². The summed E-state index contributed by atoms with van der Waals surface area (Å²) in [5.74, 6) is 5.23. The highest BCUT2D eigenvalue weighted by molar-refractivity contribution is 5.22. The van der Waals surface area contributed by atoms with Crippen molar-refractivity contribution in [3.8, 4) is 0 Å². The van der Waals surface area contributed by atoms with Crippen LogP contribution in [0, 0.1) is 35.0 Å². The Morgan fingerprint density at radius 3 is 2.57 bits per heavy atom. The molecule has 0 heteroatoms. The highest BCUT2D eigenvalue weighted by Crippen LogP contribution is 2.63. The SMILES string of the molecule is C/C=C1/CCC2C3CCC(CC)C(CCC)C3CCC12C. The van der Waals surface area contributed by atoms with Crippen LogP contribution >= 0.6 is 0 Å². The lowest BCUT2D eigenvalue weighted by Crippen LogP contribution is -2.46. The predicted molar refractivity (Wildman–Crippen MR) is 92.2 cm³/mol. The van der Waals surface area contributed by atoms with E-state index in [-0.39, 0.29) is 0 Å². The lowest BCUT2D eigenvalue weighted by molar-refractivity contribution is -0.0306. The van der Waals surface area contributed by atoms with Gasteiger partial charge in [-0.3, -0.25) is 0 Å². The van der Waals surface area contributed by atoms with Crippen LogP contribution in [0.5, 0.6) is 0 Å². The van der Waals surface area contributed by atoms with E-state index in [9.17, 15) is 0 Å². The van der Waals surface area contributed by atoms with Crippen molar-refractivity contribution in [2.75, 3.05) is 0 Å².